The van der Waals surface area contributed by atoms with Crippen LogP contribution in [-0.4, -0.2) is 40.6 Å². The minimum atomic E-state index is -0.332. The van der Waals surface area contributed by atoms with Crippen LogP contribution in [0.3, 0.4) is 0 Å². The molecular weight excluding hydrogens is 376 g/mol. The lowest BCUT2D eigenvalue weighted by atomic mass is 9.82. The lowest BCUT2D eigenvalue weighted by Gasteiger charge is -2.43. The maximum Gasteiger partial charge on any atom is 0.292 e. The number of aromatic nitrogens is 2. The predicted octanol–water partition coefficient (Wildman–Crippen LogP) is 3.08. The minimum Gasteiger partial charge on any atom is -0.384 e. The largest absolute Gasteiger partial charge is 0.384 e. The van der Waals surface area contributed by atoms with Gasteiger partial charge in [0.1, 0.15) is 5.82 Å². The van der Waals surface area contributed by atoms with Crippen molar-refractivity contribution in [2.45, 2.75) is 24.9 Å². The molecule has 0 unspecified atom stereocenters. The normalized spacial score (nSPS) is 18.2. The van der Waals surface area contributed by atoms with Gasteiger partial charge in [-0.2, -0.15) is 0 Å². The molecule has 3 aromatic heterocycles. The average Bonchev–Trinajstić information content (AvgIpc) is 3.39. The van der Waals surface area contributed by atoms with E-state index in [-0.39, 0.29) is 17.3 Å². The number of anilines is 1. The lowest BCUT2D eigenvalue weighted by Crippen LogP contribution is -2.48. The Labute approximate surface area is 166 Å². The number of amides is 1. The molecule has 5 rings (SSSR count). The Morgan fingerprint density at radius 2 is 2.11 bits per heavy atom. The van der Waals surface area contributed by atoms with Gasteiger partial charge in [0.05, 0.1) is 29.0 Å². The fourth-order valence-corrected chi connectivity index (χ4v) is 5.30. The molecule has 0 aromatic carbocycles. The Bertz CT molecular complexity index is 1010. The van der Waals surface area contributed by atoms with E-state index in [0.29, 0.717) is 25.5 Å². The molecule has 1 saturated heterocycles. The van der Waals surface area contributed by atoms with Gasteiger partial charge in [-0.3, -0.25) is 4.79 Å². The molecule has 1 fully saturated rings. The zero-order valence-corrected chi connectivity index (χ0v) is 16.1. The van der Waals surface area contributed by atoms with Crippen LogP contribution in [0.5, 0.6) is 0 Å². The number of pyridine rings is 1. The SMILES string of the molecule is Nc1cccc(-c2cc3c(s2)CCOC32CCN(C(=O)c3ccno3)CC2)n1. The van der Waals surface area contributed by atoms with E-state index in [1.165, 1.54) is 16.6 Å². The minimum absolute atomic E-state index is 0.113. The van der Waals surface area contributed by atoms with Crippen molar-refractivity contribution in [3.8, 4) is 10.6 Å². The van der Waals surface area contributed by atoms with Gasteiger partial charge in [-0.15, -0.1) is 11.3 Å². The number of nitrogens with two attached hydrogens (primary N) is 1. The highest BCUT2D eigenvalue weighted by atomic mass is 32.1. The van der Waals surface area contributed by atoms with Gasteiger partial charge >= 0.3 is 0 Å². The smallest absolute Gasteiger partial charge is 0.292 e. The summed E-state index contributed by atoms with van der Waals surface area (Å²) in [6, 6.07) is 9.51. The van der Waals surface area contributed by atoms with Crippen molar-refractivity contribution < 1.29 is 14.1 Å². The summed E-state index contributed by atoms with van der Waals surface area (Å²) in [5.74, 6) is 0.694. The van der Waals surface area contributed by atoms with Gasteiger partial charge in [0, 0.05) is 30.5 Å². The summed E-state index contributed by atoms with van der Waals surface area (Å²) < 4.78 is 11.3. The van der Waals surface area contributed by atoms with E-state index in [0.717, 1.165) is 29.8 Å². The van der Waals surface area contributed by atoms with Crippen LogP contribution in [0.1, 0.15) is 33.8 Å². The van der Waals surface area contributed by atoms with Gasteiger partial charge in [-0.25, -0.2) is 4.98 Å². The molecule has 2 aliphatic heterocycles. The van der Waals surface area contributed by atoms with Gasteiger partial charge in [-0.1, -0.05) is 11.2 Å². The van der Waals surface area contributed by atoms with E-state index in [4.69, 9.17) is 15.0 Å². The molecular formula is C20H20N4O3S. The molecule has 2 N–H and O–H groups in total. The third kappa shape index (κ3) is 2.89. The third-order valence-electron chi connectivity index (χ3n) is 5.54. The second-order valence-corrected chi connectivity index (χ2v) is 8.29. The summed E-state index contributed by atoms with van der Waals surface area (Å²) in [6.07, 6.45) is 3.93. The molecule has 2 aliphatic rings. The molecule has 0 saturated carbocycles. The van der Waals surface area contributed by atoms with Crippen LogP contribution in [0.4, 0.5) is 5.82 Å². The van der Waals surface area contributed by atoms with Crippen LogP contribution in [0.25, 0.3) is 10.6 Å². The molecule has 0 bridgehead atoms. The summed E-state index contributed by atoms with van der Waals surface area (Å²) >= 11 is 1.77. The van der Waals surface area contributed by atoms with E-state index >= 15 is 0 Å². The molecule has 7 nitrogen and oxygen atoms in total. The number of carbonyl (C=O) groups is 1. The first-order chi connectivity index (χ1) is 13.6. The van der Waals surface area contributed by atoms with Crippen LogP contribution in [-0.2, 0) is 16.8 Å². The lowest BCUT2D eigenvalue weighted by molar-refractivity contribution is -0.0928. The van der Waals surface area contributed by atoms with Crippen LogP contribution in [0.2, 0.25) is 0 Å². The standard InChI is InChI=1S/C20H20N4O3S/c21-18-3-1-2-14(23-18)17-12-13-16(28-17)5-11-26-20(13)6-9-24(10-7-20)19(25)15-4-8-22-27-15/h1-4,8,12H,5-7,9-11H2,(H2,21,23). The first-order valence-electron chi connectivity index (χ1n) is 9.35. The Morgan fingerprint density at radius 1 is 1.25 bits per heavy atom. The van der Waals surface area contributed by atoms with Crippen LogP contribution in [0.15, 0.2) is 41.1 Å². The summed E-state index contributed by atoms with van der Waals surface area (Å²) in [7, 11) is 0. The number of carbonyl (C=O) groups excluding carboxylic acids is 1. The Hall–Kier alpha value is -2.71. The zero-order valence-electron chi connectivity index (χ0n) is 15.3. The highest BCUT2D eigenvalue weighted by Gasteiger charge is 2.43. The van der Waals surface area contributed by atoms with Crippen LogP contribution >= 0.6 is 11.3 Å². The molecule has 0 atom stereocenters. The maximum atomic E-state index is 12.5. The highest BCUT2D eigenvalue weighted by molar-refractivity contribution is 7.15. The molecule has 5 heterocycles. The molecule has 1 amide bonds. The van der Waals surface area contributed by atoms with Gasteiger partial charge in [0.15, 0.2) is 0 Å². The summed E-state index contributed by atoms with van der Waals surface area (Å²) in [5.41, 5.74) is 7.67. The van der Waals surface area contributed by atoms with Crippen molar-refractivity contribution in [3.05, 3.63) is 52.7 Å². The van der Waals surface area contributed by atoms with Crippen LogP contribution < -0.4 is 5.73 Å². The number of fused-ring (bicyclic) bond motifs is 2. The second kappa shape index (κ2) is 6.72. The topological polar surface area (TPSA) is 94.5 Å². The molecule has 28 heavy (non-hydrogen) atoms. The number of thiophene rings is 1. The van der Waals surface area contributed by atoms with Crippen molar-refractivity contribution in [1.29, 1.82) is 0 Å². The first kappa shape index (κ1) is 17.4. The maximum absolute atomic E-state index is 12.5. The number of hydrogen-bond donors (Lipinski definition) is 1. The van der Waals surface area contributed by atoms with Crippen molar-refractivity contribution in [2.75, 3.05) is 25.4 Å². The monoisotopic (exact) mass is 396 g/mol. The quantitative estimate of drug-likeness (QED) is 0.715. The van der Waals surface area contributed by atoms with Crippen molar-refractivity contribution >= 4 is 23.1 Å². The molecule has 1 spiro atoms. The van der Waals surface area contributed by atoms with Crippen molar-refractivity contribution in [1.82, 2.24) is 15.0 Å². The van der Waals surface area contributed by atoms with Gasteiger partial charge in [-0.05, 0) is 36.6 Å². The Balaban J connectivity index is 1.40. The third-order valence-corrected chi connectivity index (χ3v) is 6.75. The average molecular weight is 396 g/mol. The van der Waals surface area contributed by atoms with Gasteiger partial charge < -0.3 is 19.9 Å². The zero-order chi connectivity index (χ0) is 19.1. The number of hydrogen-bond acceptors (Lipinski definition) is 7. The highest BCUT2D eigenvalue weighted by Crippen LogP contribution is 2.46. The van der Waals surface area contributed by atoms with E-state index in [1.54, 1.807) is 23.5 Å². The first-order valence-corrected chi connectivity index (χ1v) is 10.2. The van der Waals surface area contributed by atoms with E-state index in [9.17, 15) is 4.79 Å². The number of likely N-dealkylation sites (tertiary alicyclic amines) is 1. The van der Waals surface area contributed by atoms with E-state index < -0.39 is 0 Å². The van der Waals surface area contributed by atoms with E-state index in [1.807, 2.05) is 17.0 Å². The van der Waals surface area contributed by atoms with Crippen LogP contribution in [0, 0.1) is 0 Å². The van der Waals surface area contributed by atoms with Crippen molar-refractivity contribution in [2.24, 2.45) is 0 Å². The molecule has 144 valence electrons. The second-order valence-electron chi connectivity index (χ2n) is 7.16. The fraction of sp³-hybridized carbons (Fsp3) is 0.350. The summed E-state index contributed by atoms with van der Waals surface area (Å²) in [6.45, 7) is 1.95. The fourth-order valence-electron chi connectivity index (χ4n) is 4.10. The van der Waals surface area contributed by atoms with Gasteiger partial charge in [0.2, 0.25) is 5.76 Å². The Kier molecular flexibility index (Phi) is 4.17. The predicted molar refractivity (Wildman–Crippen MR) is 105 cm³/mol. The number of rotatable bonds is 2. The number of nitrogen functional groups attached to an aromatic ring is 1. The van der Waals surface area contributed by atoms with Crippen molar-refractivity contribution in [3.63, 3.8) is 0 Å². The molecule has 0 radical (unpaired) electrons. The summed E-state index contributed by atoms with van der Waals surface area (Å²) in [4.78, 5) is 21.3. The number of ether oxygens (including phenoxy) is 1. The van der Waals surface area contributed by atoms with Gasteiger partial charge in [0.25, 0.3) is 5.91 Å². The molecule has 3 aromatic rings. The molecule has 0 aliphatic carbocycles. The molecule has 8 heteroatoms. The Morgan fingerprint density at radius 3 is 2.86 bits per heavy atom. The van der Waals surface area contributed by atoms with E-state index in [2.05, 4.69) is 16.2 Å². The summed E-state index contributed by atoms with van der Waals surface area (Å²) in [5, 5.41) is 3.63. The number of nitrogens with zero attached hydrogens (tertiary/aromatic N) is 3. The number of piperidine rings is 1.